The van der Waals surface area contributed by atoms with E-state index in [9.17, 15) is 13.2 Å². The highest BCUT2D eigenvalue weighted by Gasteiger charge is 2.36. The standard InChI is InChI=1S/C8H12F3N3O2S/c1-16-4-5(2-3-15)12-7-13-6(14-17-7)8(9,10)11/h5,15H,2-4H2,1H3,(H,12,13,14). The molecule has 5 nitrogen and oxygen atoms in total. The molecule has 0 saturated carbocycles. The molecule has 0 fully saturated rings. The summed E-state index contributed by atoms with van der Waals surface area (Å²) in [4.78, 5) is 3.32. The van der Waals surface area contributed by atoms with E-state index in [1.165, 1.54) is 7.11 Å². The smallest absolute Gasteiger partial charge is 0.396 e. The number of hydrogen-bond acceptors (Lipinski definition) is 6. The van der Waals surface area contributed by atoms with E-state index in [0.29, 0.717) is 18.0 Å². The summed E-state index contributed by atoms with van der Waals surface area (Å²) in [6.45, 7) is 0.174. The fraction of sp³-hybridized carbons (Fsp3) is 0.750. The van der Waals surface area contributed by atoms with Crippen molar-refractivity contribution in [2.24, 2.45) is 0 Å². The van der Waals surface area contributed by atoms with E-state index in [4.69, 9.17) is 9.84 Å². The fourth-order valence-corrected chi connectivity index (χ4v) is 1.79. The van der Waals surface area contributed by atoms with Crippen molar-refractivity contribution in [3.05, 3.63) is 5.82 Å². The van der Waals surface area contributed by atoms with Crippen molar-refractivity contribution >= 4 is 16.7 Å². The Balaban J connectivity index is 2.63. The minimum Gasteiger partial charge on any atom is -0.396 e. The number of nitrogens with one attached hydrogen (secondary N) is 1. The van der Waals surface area contributed by atoms with Crippen molar-refractivity contribution in [1.82, 2.24) is 9.36 Å². The molecule has 0 aliphatic carbocycles. The number of aliphatic hydroxyl groups is 1. The van der Waals surface area contributed by atoms with Crippen LogP contribution in [0.25, 0.3) is 0 Å². The van der Waals surface area contributed by atoms with E-state index in [-0.39, 0.29) is 24.4 Å². The van der Waals surface area contributed by atoms with Crippen LogP contribution in [0.3, 0.4) is 0 Å². The summed E-state index contributed by atoms with van der Waals surface area (Å²) in [5.41, 5.74) is 0. The highest BCUT2D eigenvalue weighted by molar-refractivity contribution is 7.09. The van der Waals surface area contributed by atoms with Crippen molar-refractivity contribution in [1.29, 1.82) is 0 Å². The summed E-state index contributed by atoms with van der Waals surface area (Å²) in [7, 11) is 1.47. The number of hydrogen-bond donors (Lipinski definition) is 2. The molecule has 1 rings (SSSR count). The zero-order valence-electron chi connectivity index (χ0n) is 8.99. The van der Waals surface area contributed by atoms with Gasteiger partial charge in [-0.3, -0.25) is 0 Å². The van der Waals surface area contributed by atoms with Crippen LogP contribution in [0.2, 0.25) is 0 Å². The van der Waals surface area contributed by atoms with Gasteiger partial charge < -0.3 is 15.2 Å². The molecule has 0 aromatic carbocycles. The van der Waals surface area contributed by atoms with Crippen LogP contribution in [-0.4, -0.2) is 40.8 Å². The first kappa shape index (κ1) is 14.1. The number of ether oxygens (including phenoxy) is 1. The number of aliphatic hydroxyl groups excluding tert-OH is 1. The van der Waals surface area contributed by atoms with E-state index in [1.807, 2.05) is 0 Å². The molecule has 1 heterocycles. The predicted octanol–water partition coefficient (Wildman–Crippen LogP) is 1.37. The monoisotopic (exact) mass is 271 g/mol. The van der Waals surface area contributed by atoms with Gasteiger partial charge in [0.05, 0.1) is 12.6 Å². The van der Waals surface area contributed by atoms with Gasteiger partial charge in [-0.1, -0.05) is 0 Å². The molecule has 9 heteroatoms. The van der Waals surface area contributed by atoms with Gasteiger partial charge in [0.15, 0.2) is 0 Å². The van der Waals surface area contributed by atoms with Crippen LogP contribution in [0.15, 0.2) is 0 Å². The summed E-state index contributed by atoms with van der Waals surface area (Å²) in [6.07, 6.45) is -4.18. The Hall–Kier alpha value is -0.930. The first-order valence-electron chi connectivity index (χ1n) is 4.74. The lowest BCUT2D eigenvalue weighted by atomic mass is 10.2. The van der Waals surface area contributed by atoms with E-state index in [0.717, 1.165) is 0 Å². The van der Waals surface area contributed by atoms with Crippen LogP contribution in [-0.2, 0) is 10.9 Å². The number of methoxy groups -OCH3 is 1. The van der Waals surface area contributed by atoms with Crippen LogP contribution in [0.1, 0.15) is 12.2 Å². The molecule has 2 N–H and O–H groups in total. The molecule has 1 unspecified atom stereocenters. The maximum Gasteiger partial charge on any atom is 0.452 e. The molecule has 17 heavy (non-hydrogen) atoms. The molecular weight excluding hydrogens is 259 g/mol. The Morgan fingerprint density at radius 3 is 2.71 bits per heavy atom. The minimum atomic E-state index is -4.54. The number of rotatable bonds is 6. The summed E-state index contributed by atoms with van der Waals surface area (Å²) in [5.74, 6) is -1.16. The molecule has 98 valence electrons. The largest absolute Gasteiger partial charge is 0.452 e. The molecule has 0 spiro atoms. The van der Waals surface area contributed by atoms with Gasteiger partial charge in [-0.05, 0) is 6.42 Å². The molecule has 0 aliphatic heterocycles. The summed E-state index contributed by atoms with van der Waals surface area (Å²) >= 11 is 0.627. The van der Waals surface area contributed by atoms with Gasteiger partial charge in [-0.15, -0.1) is 0 Å². The minimum absolute atomic E-state index is 0.0628. The summed E-state index contributed by atoms with van der Waals surface area (Å²) in [5, 5.41) is 11.6. The summed E-state index contributed by atoms with van der Waals surface area (Å²) in [6, 6.07) is -0.293. The first-order valence-corrected chi connectivity index (χ1v) is 5.52. The van der Waals surface area contributed by atoms with Crippen LogP contribution in [0.5, 0.6) is 0 Å². The lowest BCUT2D eigenvalue weighted by Crippen LogP contribution is -2.26. The van der Waals surface area contributed by atoms with Gasteiger partial charge in [-0.2, -0.15) is 22.5 Å². The van der Waals surface area contributed by atoms with Gasteiger partial charge in [0, 0.05) is 25.2 Å². The second-order valence-electron chi connectivity index (χ2n) is 3.23. The van der Waals surface area contributed by atoms with Crippen molar-refractivity contribution < 1.29 is 23.0 Å². The predicted molar refractivity (Wildman–Crippen MR) is 55.9 cm³/mol. The van der Waals surface area contributed by atoms with E-state index < -0.39 is 12.0 Å². The molecule has 1 aromatic heterocycles. The average Bonchev–Trinajstić information content (AvgIpc) is 2.66. The Morgan fingerprint density at radius 2 is 2.24 bits per heavy atom. The van der Waals surface area contributed by atoms with Gasteiger partial charge in [0.1, 0.15) is 0 Å². The second-order valence-corrected chi connectivity index (χ2v) is 3.98. The number of anilines is 1. The number of aromatic nitrogens is 2. The van der Waals surface area contributed by atoms with Crippen LogP contribution < -0.4 is 5.32 Å². The Bertz CT molecular complexity index is 339. The zero-order valence-corrected chi connectivity index (χ0v) is 9.81. The van der Waals surface area contributed by atoms with Gasteiger partial charge in [0.25, 0.3) is 0 Å². The van der Waals surface area contributed by atoms with Gasteiger partial charge in [0.2, 0.25) is 11.0 Å². The third-order valence-corrected chi connectivity index (χ3v) is 2.50. The lowest BCUT2D eigenvalue weighted by molar-refractivity contribution is -0.144. The lowest BCUT2D eigenvalue weighted by Gasteiger charge is -2.15. The van der Waals surface area contributed by atoms with E-state index in [2.05, 4.69) is 14.7 Å². The summed E-state index contributed by atoms with van der Waals surface area (Å²) < 4.78 is 44.7. The van der Waals surface area contributed by atoms with E-state index in [1.54, 1.807) is 0 Å². The molecule has 0 aliphatic rings. The Labute approximate surface area is 99.8 Å². The van der Waals surface area contributed by atoms with Crippen LogP contribution in [0.4, 0.5) is 18.3 Å². The number of alkyl halides is 3. The zero-order chi connectivity index (χ0) is 12.9. The number of halogens is 3. The first-order chi connectivity index (χ1) is 7.97. The Morgan fingerprint density at radius 1 is 1.53 bits per heavy atom. The fourth-order valence-electron chi connectivity index (χ4n) is 1.13. The Kier molecular flexibility index (Phi) is 5.09. The highest BCUT2D eigenvalue weighted by Crippen LogP contribution is 2.29. The average molecular weight is 271 g/mol. The van der Waals surface area contributed by atoms with Crippen LogP contribution in [0, 0.1) is 0 Å². The van der Waals surface area contributed by atoms with Crippen molar-refractivity contribution in [3.8, 4) is 0 Å². The molecule has 0 amide bonds. The maximum absolute atomic E-state index is 12.2. The van der Waals surface area contributed by atoms with E-state index >= 15 is 0 Å². The normalized spacial score (nSPS) is 13.7. The highest BCUT2D eigenvalue weighted by atomic mass is 32.1. The SMILES string of the molecule is COCC(CCO)Nc1nc(C(F)(F)F)ns1. The third kappa shape index (κ3) is 4.44. The topological polar surface area (TPSA) is 67.3 Å². The van der Waals surface area contributed by atoms with Gasteiger partial charge in [-0.25, -0.2) is 0 Å². The van der Waals surface area contributed by atoms with Crippen molar-refractivity contribution in [3.63, 3.8) is 0 Å². The van der Waals surface area contributed by atoms with Crippen molar-refractivity contribution in [2.45, 2.75) is 18.6 Å². The maximum atomic E-state index is 12.2. The number of nitrogens with zero attached hydrogens (tertiary/aromatic N) is 2. The van der Waals surface area contributed by atoms with Crippen molar-refractivity contribution in [2.75, 3.05) is 25.6 Å². The quantitative estimate of drug-likeness (QED) is 0.818. The third-order valence-electron chi connectivity index (χ3n) is 1.85. The van der Waals surface area contributed by atoms with Gasteiger partial charge >= 0.3 is 6.18 Å². The molecule has 0 bridgehead atoms. The molecule has 1 aromatic rings. The molecule has 0 radical (unpaired) electrons. The second kappa shape index (κ2) is 6.12. The molecule has 0 saturated heterocycles. The molecule has 1 atom stereocenters. The van der Waals surface area contributed by atoms with Crippen LogP contribution >= 0.6 is 11.5 Å². The molecular formula is C8H12F3N3O2S.